The summed E-state index contributed by atoms with van der Waals surface area (Å²) in [5.41, 5.74) is 0. The highest BCUT2D eigenvalue weighted by atomic mass is 35.5. The van der Waals surface area contributed by atoms with Crippen LogP contribution in [0.3, 0.4) is 0 Å². The molecule has 0 unspecified atom stereocenters. The Hall–Kier alpha value is -0.860. The Balaban J connectivity index is 0. The summed E-state index contributed by atoms with van der Waals surface area (Å²) in [6.45, 7) is 2.49. The second kappa shape index (κ2) is 15.6. The van der Waals surface area contributed by atoms with Gasteiger partial charge in [0.25, 0.3) is 0 Å². The van der Waals surface area contributed by atoms with Crippen molar-refractivity contribution in [1.82, 2.24) is 0 Å². The van der Waals surface area contributed by atoms with Gasteiger partial charge < -0.3 is 4.74 Å². The Morgan fingerprint density at radius 2 is 1.87 bits per heavy atom. The van der Waals surface area contributed by atoms with E-state index in [1.54, 1.807) is 0 Å². The zero-order valence-electron chi connectivity index (χ0n) is 8.96. The second-order valence-electron chi connectivity index (χ2n) is 2.80. The molecule has 0 aromatic heterocycles. The monoisotopic (exact) mass is 236 g/mol. The Labute approximate surface area is 94.9 Å². The van der Waals surface area contributed by atoms with Gasteiger partial charge in [-0.25, -0.2) is 0 Å². The van der Waals surface area contributed by atoms with Crippen molar-refractivity contribution in [3.05, 3.63) is 0 Å². The normalized spacial score (nSPS) is 8.40. The van der Waals surface area contributed by atoms with Gasteiger partial charge in [0, 0.05) is 6.42 Å². The van der Waals surface area contributed by atoms with Gasteiger partial charge in [0.1, 0.15) is 6.61 Å². The molecule has 0 saturated carbocycles. The predicted octanol–water partition coefficient (Wildman–Crippen LogP) is 2.16. The van der Waals surface area contributed by atoms with Crippen molar-refractivity contribution in [2.45, 2.75) is 39.0 Å². The molecular weight excluding hydrogens is 220 g/mol. The SMILES string of the molecule is CCCCCCC(=O)OCCCl.O=C=O. The van der Waals surface area contributed by atoms with Crippen molar-refractivity contribution >= 4 is 23.7 Å². The number of alkyl halides is 1. The molecule has 0 atom stereocenters. The highest BCUT2D eigenvalue weighted by molar-refractivity contribution is 6.18. The Kier molecular flexibility index (Phi) is 17.2. The Morgan fingerprint density at radius 3 is 2.33 bits per heavy atom. The standard InChI is InChI=1S/C9H17ClO2.CO2/c1-2-3-4-5-6-9(11)12-8-7-10;2-1-3/h2-8H2,1H3;. The van der Waals surface area contributed by atoms with E-state index in [1.807, 2.05) is 0 Å². The number of rotatable bonds is 7. The fourth-order valence-electron chi connectivity index (χ4n) is 0.921. The molecule has 0 saturated heterocycles. The predicted molar refractivity (Wildman–Crippen MR) is 55.4 cm³/mol. The number of unbranched alkanes of at least 4 members (excludes halogenated alkanes) is 3. The van der Waals surface area contributed by atoms with Gasteiger partial charge in [-0.2, -0.15) is 9.59 Å². The molecule has 4 nitrogen and oxygen atoms in total. The average Bonchev–Trinajstić information content (AvgIpc) is 2.23. The average molecular weight is 237 g/mol. The van der Waals surface area contributed by atoms with Gasteiger partial charge in [0.2, 0.25) is 0 Å². The van der Waals surface area contributed by atoms with Crippen LogP contribution in [-0.2, 0) is 19.1 Å². The summed E-state index contributed by atoms with van der Waals surface area (Å²) in [7, 11) is 0. The first kappa shape index (κ1) is 16.6. The van der Waals surface area contributed by atoms with Crippen LogP contribution in [-0.4, -0.2) is 24.6 Å². The zero-order valence-corrected chi connectivity index (χ0v) is 9.72. The first-order valence-corrected chi connectivity index (χ1v) is 5.47. The first-order valence-electron chi connectivity index (χ1n) is 4.93. The lowest BCUT2D eigenvalue weighted by Crippen LogP contribution is -2.06. The maximum absolute atomic E-state index is 10.9. The minimum absolute atomic E-state index is 0.119. The molecule has 88 valence electrons. The molecule has 0 rings (SSSR count). The number of esters is 1. The van der Waals surface area contributed by atoms with Crippen LogP contribution in [0, 0.1) is 0 Å². The third-order valence-corrected chi connectivity index (χ3v) is 1.73. The van der Waals surface area contributed by atoms with E-state index in [-0.39, 0.29) is 12.1 Å². The highest BCUT2D eigenvalue weighted by Gasteiger charge is 2.00. The number of halogens is 1. The van der Waals surface area contributed by atoms with E-state index in [1.165, 1.54) is 12.8 Å². The van der Waals surface area contributed by atoms with Crippen LogP contribution in [0.15, 0.2) is 0 Å². The summed E-state index contributed by atoms with van der Waals surface area (Å²) < 4.78 is 4.80. The van der Waals surface area contributed by atoms with Gasteiger partial charge >= 0.3 is 12.1 Å². The number of carbonyl (C=O) groups is 1. The van der Waals surface area contributed by atoms with Crippen LogP contribution < -0.4 is 0 Å². The smallest absolute Gasteiger partial charge is 0.373 e. The molecule has 0 fully saturated rings. The van der Waals surface area contributed by atoms with E-state index >= 15 is 0 Å². The highest BCUT2D eigenvalue weighted by Crippen LogP contribution is 2.03. The minimum Gasteiger partial charge on any atom is -0.464 e. The van der Waals surface area contributed by atoms with Gasteiger partial charge in [-0.15, -0.1) is 11.6 Å². The van der Waals surface area contributed by atoms with Crippen LogP contribution in [0.25, 0.3) is 0 Å². The minimum atomic E-state index is -0.119. The molecule has 0 N–H and O–H groups in total. The van der Waals surface area contributed by atoms with Crippen molar-refractivity contribution in [2.24, 2.45) is 0 Å². The lowest BCUT2D eigenvalue weighted by Gasteiger charge is -2.01. The topological polar surface area (TPSA) is 60.4 Å². The molecule has 0 aromatic rings. The fourth-order valence-corrected chi connectivity index (χ4v) is 0.998. The summed E-state index contributed by atoms with van der Waals surface area (Å²) in [4.78, 5) is 27.1. The van der Waals surface area contributed by atoms with Crippen molar-refractivity contribution in [3.8, 4) is 0 Å². The summed E-state index contributed by atoms with van der Waals surface area (Å²) in [5, 5.41) is 0. The number of hydrogen-bond acceptors (Lipinski definition) is 4. The molecule has 0 spiro atoms. The molecule has 0 aliphatic rings. The molecule has 0 aliphatic carbocycles. The van der Waals surface area contributed by atoms with Gasteiger partial charge in [-0.1, -0.05) is 26.2 Å². The molecule has 0 aliphatic heterocycles. The first-order chi connectivity index (χ1) is 7.22. The van der Waals surface area contributed by atoms with Crippen molar-refractivity contribution in [1.29, 1.82) is 0 Å². The lowest BCUT2D eigenvalue weighted by atomic mass is 10.2. The Bertz CT molecular complexity index is 176. The molecule has 0 radical (unpaired) electrons. The Morgan fingerprint density at radius 1 is 1.27 bits per heavy atom. The van der Waals surface area contributed by atoms with Crippen molar-refractivity contribution < 1.29 is 19.1 Å². The lowest BCUT2D eigenvalue weighted by molar-refractivity contribution is -0.191. The summed E-state index contributed by atoms with van der Waals surface area (Å²) in [6.07, 6.45) is 5.23. The van der Waals surface area contributed by atoms with E-state index in [4.69, 9.17) is 25.9 Å². The summed E-state index contributed by atoms with van der Waals surface area (Å²) >= 11 is 5.35. The number of hydrogen-bond donors (Lipinski definition) is 0. The fraction of sp³-hybridized carbons (Fsp3) is 0.800. The maximum Gasteiger partial charge on any atom is 0.373 e. The van der Waals surface area contributed by atoms with Crippen molar-refractivity contribution in [3.63, 3.8) is 0 Å². The molecule has 0 bridgehead atoms. The van der Waals surface area contributed by atoms with Crippen LogP contribution in [0.1, 0.15) is 39.0 Å². The maximum atomic E-state index is 10.9. The van der Waals surface area contributed by atoms with E-state index in [0.717, 1.165) is 12.8 Å². The molecule has 0 heterocycles. The van der Waals surface area contributed by atoms with Gasteiger partial charge in [0.05, 0.1) is 5.88 Å². The van der Waals surface area contributed by atoms with E-state index in [9.17, 15) is 4.79 Å². The molecular formula is C10H17ClO4. The summed E-state index contributed by atoms with van der Waals surface area (Å²) in [6, 6.07) is 0. The van der Waals surface area contributed by atoms with Gasteiger partial charge in [0.15, 0.2) is 0 Å². The molecule has 15 heavy (non-hydrogen) atoms. The molecule has 5 heteroatoms. The van der Waals surface area contributed by atoms with Crippen molar-refractivity contribution in [2.75, 3.05) is 12.5 Å². The quantitative estimate of drug-likeness (QED) is 0.386. The van der Waals surface area contributed by atoms with Gasteiger partial charge in [-0.3, -0.25) is 4.79 Å². The third-order valence-electron chi connectivity index (χ3n) is 1.57. The van der Waals surface area contributed by atoms with Crippen LogP contribution in [0.5, 0.6) is 0 Å². The molecule has 0 amide bonds. The van der Waals surface area contributed by atoms with Crippen LogP contribution in [0.4, 0.5) is 0 Å². The van der Waals surface area contributed by atoms with Crippen LogP contribution >= 0.6 is 11.6 Å². The number of carbonyl (C=O) groups excluding carboxylic acids is 3. The third kappa shape index (κ3) is 19.5. The zero-order chi connectivity index (χ0) is 11.9. The number of ether oxygens (including phenoxy) is 1. The van der Waals surface area contributed by atoms with E-state index in [0.29, 0.717) is 18.9 Å². The van der Waals surface area contributed by atoms with Crippen LogP contribution in [0.2, 0.25) is 0 Å². The van der Waals surface area contributed by atoms with E-state index < -0.39 is 0 Å². The largest absolute Gasteiger partial charge is 0.464 e. The van der Waals surface area contributed by atoms with Gasteiger partial charge in [-0.05, 0) is 6.42 Å². The second-order valence-corrected chi connectivity index (χ2v) is 3.18. The molecule has 0 aromatic carbocycles. The summed E-state index contributed by atoms with van der Waals surface area (Å²) in [5.74, 6) is 0.271. The van der Waals surface area contributed by atoms with E-state index in [2.05, 4.69) is 6.92 Å².